The first-order valence-electron chi connectivity index (χ1n) is 5.96. The average molecular weight is 260 g/mol. The predicted octanol–water partition coefficient (Wildman–Crippen LogP) is 4.28. The lowest BCUT2D eigenvalue weighted by Crippen LogP contribution is -2.03. The number of rotatable bonds is 3. The van der Waals surface area contributed by atoms with Crippen LogP contribution in [0.2, 0.25) is 0 Å². The summed E-state index contributed by atoms with van der Waals surface area (Å²) in [4.78, 5) is 5.57. The van der Waals surface area contributed by atoms with Gasteiger partial charge in [0.05, 0.1) is 17.7 Å². The summed E-state index contributed by atoms with van der Waals surface area (Å²) < 4.78 is 5.58. The highest BCUT2D eigenvalue weighted by atomic mass is 32.1. The van der Waals surface area contributed by atoms with Crippen molar-refractivity contribution in [3.63, 3.8) is 0 Å². The van der Waals surface area contributed by atoms with Crippen LogP contribution in [-0.2, 0) is 0 Å². The van der Waals surface area contributed by atoms with Gasteiger partial charge in [-0.1, -0.05) is 13.8 Å². The molecule has 2 aromatic heterocycles. The zero-order valence-electron chi connectivity index (χ0n) is 11.0. The number of furan rings is 1. The molecule has 0 aliphatic heterocycles. The fourth-order valence-electron chi connectivity index (χ4n) is 1.86. The summed E-state index contributed by atoms with van der Waals surface area (Å²) in [5.74, 6) is 1.86. The van der Waals surface area contributed by atoms with Gasteiger partial charge in [-0.15, -0.1) is 11.3 Å². The first-order valence-corrected chi connectivity index (χ1v) is 6.78. The van der Waals surface area contributed by atoms with Crippen LogP contribution in [-0.4, -0.2) is 4.98 Å². The van der Waals surface area contributed by atoms with Crippen LogP contribution in [0, 0.1) is 31.1 Å². The highest BCUT2D eigenvalue weighted by Gasteiger charge is 2.22. The third-order valence-electron chi connectivity index (χ3n) is 2.87. The summed E-state index contributed by atoms with van der Waals surface area (Å²) >= 11 is 1.56. The van der Waals surface area contributed by atoms with Crippen molar-refractivity contribution in [3.8, 4) is 16.8 Å². The second-order valence-electron chi connectivity index (χ2n) is 4.73. The number of aromatic nitrogens is 1. The van der Waals surface area contributed by atoms with Gasteiger partial charge in [-0.25, -0.2) is 4.98 Å². The number of nitrogens with zero attached hydrogens (tertiary/aromatic N) is 2. The molecule has 1 unspecified atom stereocenters. The molecule has 1 atom stereocenters. The molecule has 4 heteroatoms. The summed E-state index contributed by atoms with van der Waals surface area (Å²) in [6.07, 6.45) is 0. The third kappa shape index (κ3) is 2.32. The molecule has 18 heavy (non-hydrogen) atoms. The van der Waals surface area contributed by atoms with E-state index in [1.54, 1.807) is 11.3 Å². The Labute approximate surface area is 111 Å². The summed E-state index contributed by atoms with van der Waals surface area (Å²) in [5, 5.41) is 10.1. The lowest BCUT2D eigenvalue weighted by atomic mass is 9.95. The summed E-state index contributed by atoms with van der Waals surface area (Å²) in [6, 6.07) is 6.22. The van der Waals surface area contributed by atoms with E-state index in [0.717, 1.165) is 27.1 Å². The molecule has 0 bridgehead atoms. The maximum atomic E-state index is 9.26. The van der Waals surface area contributed by atoms with E-state index >= 15 is 0 Å². The van der Waals surface area contributed by atoms with Gasteiger partial charge < -0.3 is 4.42 Å². The van der Waals surface area contributed by atoms with E-state index in [2.05, 4.69) is 24.9 Å². The van der Waals surface area contributed by atoms with Gasteiger partial charge in [-0.05, 0) is 31.9 Å². The molecular weight excluding hydrogens is 244 g/mol. The zero-order valence-corrected chi connectivity index (χ0v) is 11.8. The smallest absolute Gasteiger partial charge is 0.162 e. The third-order valence-corrected chi connectivity index (χ3v) is 4.13. The standard InChI is InChI=1S/C14H16N2OS/c1-8(2)11(7-15)13-10(4)16-14(18-13)12-6-5-9(3)17-12/h5-6,8,11H,1-4H3. The van der Waals surface area contributed by atoms with E-state index in [0.29, 0.717) is 5.92 Å². The molecule has 2 rings (SSSR count). The van der Waals surface area contributed by atoms with Crippen molar-refractivity contribution in [3.05, 3.63) is 28.5 Å². The Morgan fingerprint density at radius 1 is 1.33 bits per heavy atom. The second-order valence-corrected chi connectivity index (χ2v) is 5.76. The molecule has 0 spiro atoms. The SMILES string of the molecule is Cc1ccc(-c2nc(C)c(C(C#N)C(C)C)s2)o1. The molecule has 94 valence electrons. The van der Waals surface area contributed by atoms with Crippen LogP contribution in [0.25, 0.3) is 10.8 Å². The van der Waals surface area contributed by atoms with E-state index in [4.69, 9.17) is 4.42 Å². The van der Waals surface area contributed by atoms with Crippen molar-refractivity contribution >= 4 is 11.3 Å². The van der Waals surface area contributed by atoms with Crippen molar-refractivity contribution in [2.45, 2.75) is 33.6 Å². The summed E-state index contributed by atoms with van der Waals surface area (Å²) in [7, 11) is 0. The number of thiazole rings is 1. The average Bonchev–Trinajstić information content (AvgIpc) is 2.87. The predicted molar refractivity (Wildman–Crippen MR) is 72.5 cm³/mol. The Balaban J connectivity index is 2.41. The van der Waals surface area contributed by atoms with Crippen LogP contribution in [0.3, 0.4) is 0 Å². The van der Waals surface area contributed by atoms with E-state index < -0.39 is 0 Å². The molecule has 2 heterocycles. The van der Waals surface area contributed by atoms with Crippen LogP contribution in [0.1, 0.15) is 36.1 Å². The second kappa shape index (κ2) is 4.95. The topological polar surface area (TPSA) is 49.8 Å². The van der Waals surface area contributed by atoms with E-state index in [9.17, 15) is 5.26 Å². The van der Waals surface area contributed by atoms with Crippen molar-refractivity contribution in [2.75, 3.05) is 0 Å². The number of aryl methyl sites for hydroxylation is 2. The van der Waals surface area contributed by atoms with Gasteiger partial charge >= 0.3 is 0 Å². The highest BCUT2D eigenvalue weighted by Crippen LogP contribution is 2.36. The molecule has 0 aliphatic carbocycles. The highest BCUT2D eigenvalue weighted by molar-refractivity contribution is 7.15. The Bertz CT molecular complexity index is 589. The van der Waals surface area contributed by atoms with E-state index in [-0.39, 0.29) is 5.92 Å². The molecule has 0 amide bonds. The molecule has 2 aromatic rings. The van der Waals surface area contributed by atoms with Crippen LogP contribution in [0.15, 0.2) is 16.5 Å². The summed E-state index contributed by atoms with van der Waals surface area (Å²) in [5.41, 5.74) is 0.935. The molecule has 0 saturated carbocycles. The van der Waals surface area contributed by atoms with Gasteiger partial charge in [0, 0.05) is 4.88 Å². The molecule has 0 aliphatic rings. The van der Waals surface area contributed by atoms with Gasteiger partial charge in [0.2, 0.25) is 0 Å². The van der Waals surface area contributed by atoms with Gasteiger partial charge in [0.25, 0.3) is 0 Å². The van der Waals surface area contributed by atoms with Crippen molar-refractivity contribution in [1.29, 1.82) is 5.26 Å². The molecule has 3 nitrogen and oxygen atoms in total. The fraction of sp³-hybridized carbons (Fsp3) is 0.429. The van der Waals surface area contributed by atoms with E-state index in [1.807, 2.05) is 26.0 Å². The lowest BCUT2D eigenvalue weighted by Gasteiger charge is -2.10. The monoisotopic (exact) mass is 260 g/mol. The molecule has 0 aromatic carbocycles. The largest absolute Gasteiger partial charge is 0.459 e. The van der Waals surface area contributed by atoms with Gasteiger partial charge in [0.1, 0.15) is 5.76 Å². The maximum absolute atomic E-state index is 9.26. The normalized spacial score (nSPS) is 12.7. The molecular formula is C14H16N2OS. The minimum Gasteiger partial charge on any atom is -0.459 e. The molecule has 0 radical (unpaired) electrons. The molecule has 0 N–H and O–H groups in total. The molecule has 0 fully saturated rings. The fourth-order valence-corrected chi connectivity index (χ4v) is 3.11. The Kier molecular flexibility index (Phi) is 3.53. The van der Waals surface area contributed by atoms with Gasteiger partial charge in [-0.2, -0.15) is 5.26 Å². The minimum atomic E-state index is -0.0905. The quantitative estimate of drug-likeness (QED) is 0.827. The van der Waals surface area contributed by atoms with Crippen LogP contribution in [0.4, 0.5) is 0 Å². The van der Waals surface area contributed by atoms with Crippen molar-refractivity contribution < 1.29 is 4.42 Å². The first kappa shape index (κ1) is 12.8. The van der Waals surface area contributed by atoms with Gasteiger partial charge in [0.15, 0.2) is 10.8 Å². The van der Waals surface area contributed by atoms with Crippen LogP contribution in [0.5, 0.6) is 0 Å². The maximum Gasteiger partial charge on any atom is 0.162 e. The first-order chi connectivity index (χ1) is 8.52. The molecule has 0 saturated heterocycles. The summed E-state index contributed by atoms with van der Waals surface area (Å²) in [6.45, 7) is 7.99. The van der Waals surface area contributed by atoms with Gasteiger partial charge in [-0.3, -0.25) is 0 Å². The Hall–Kier alpha value is -1.60. The lowest BCUT2D eigenvalue weighted by molar-refractivity contribution is 0.548. The Morgan fingerprint density at radius 2 is 2.06 bits per heavy atom. The van der Waals surface area contributed by atoms with Crippen molar-refractivity contribution in [2.24, 2.45) is 5.92 Å². The zero-order chi connectivity index (χ0) is 13.3. The Morgan fingerprint density at radius 3 is 2.56 bits per heavy atom. The number of nitriles is 1. The van der Waals surface area contributed by atoms with Crippen molar-refractivity contribution in [1.82, 2.24) is 4.98 Å². The van der Waals surface area contributed by atoms with Crippen LogP contribution >= 0.6 is 11.3 Å². The number of hydrogen-bond acceptors (Lipinski definition) is 4. The van der Waals surface area contributed by atoms with Crippen LogP contribution < -0.4 is 0 Å². The minimum absolute atomic E-state index is 0.0905. The van der Waals surface area contributed by atoms with E-state index in [1.165, 1.54) is 0 Å². The number of hydrogen-bond donors (Lipinski definition) is 0.